The summed E-state index contributed by atoms with van der Waals surface area (Å²) in [5.74, 6) is 0.788. The first-order valence-corrected chi connectivity index (χ1v) is 6.90. The average molecular weight is 244 g/mol. The molecule has 0 saturated heterocycles. The largest absolute Gasteiger partial charge is 0.508 e. The lowest BCUT2D eigenvalue weighted by molar-refractivity contribution is 0.335. The molecule has 0 aliphatic rings. The fourth-order valence-corrected chi connectivity index (χ4v) is 1.81. The lowest BCUT2D eigenvalue weighted by atomic mass is 10.2. The van der Waals surface area contributed by atoms with Crippen molar-refractivity contribution < 1.29 is 18.3 Å². The van der Waals surface area contributed by atoms with Gasteiger partial charge in [-0.25, -0.2) is 8.42 Å². The second-order valence-electron chi connectivity index (χ2n) is 3.49. The van der Waals surface area contributed by atoms with Crippen LogP contribution in [-0.2, 0) is 9.84 Å². The van der Waals surface area contributed by atoms with Gasteiger partial charge in [0.2, 0.25) is 0 Å². The van der Waals surface area contributed by atoms with Gasteiger partial charge in [-0.2, -0.15) is 0 Å². The minimum absolute atomic E-state index is 0.00139. The zero-order valence-electron chi connectivity index (χ0n) is 9.43. The molecule has 0 atom stereocenters. The highest BCUT2D eigenvalue weighted by molar-refractivity contribution is 7.91. The molecule has 4 nitrogen and oxygen atoms in total. The average Bonchev–Trinajstić information content (AvgIpc) is 2.24. The van der Waals surface area contributed by atoms with Crippen molar-refractivity contribution in [1.29, 1.82) is 0 Å². The molecule has 16 heavy (non-hydrogen) atoms. The van der Waals surface area contributed by atoms with Crippen molar-refractivity contribution >= 4 is 9.84 Å². The van der Waals surface area contributed by atoms with Crippen molar-refractivity contribution in [3.05, 3.63) is 23.8 Å². The first-order valence-electron chi connectivity index (χ1n) is 5.08. The molecule has 0 fully saturated rings. The zero-order valence-corrected chi connectivity index (χ0v) is 10.3. The highest BCUT2D eigenvalue weighted by Crippen LogP contribution is 2.25. The lowest BCUT2D eigenvalue weighted by Crippen LogP contribution is -2.15. The van der Waals surface area contributed by atoms with Gasteiger partial charge in [-0.05, 0) is 19.1 Å². The van der Waals surface area contributed by atoms with E-state index in [1.807, 2.05) is 0 Å². The predicted octanol–water partition coefficient (Wildman–Crippen LogP) is 1.51. The molecular formula is C11H16O4S. The standard InChI is InChI=1S/C11H16O4S/c1-3-16(13,14)8-7-15-11-6-4-5-10(12)9(11)2/h4-6,12H,3,7-8H2,1-2H3. The Morgan fingerprint density at radius 2 is 2.06 bits per heavy atom. The molecule has 0 radical (unpaired) electrons. The van der Waals surface area contributed by atoms with Gasteiger partial charge in [0.15, 0.2) is 9.84 Å². The van der Waals surface area contributed by atoms with Crippen LogP contribution in [-0.4, -0.2) is 31.6 Å². The van der Waals surface area contributed by atoms with Gasteiger partial charge >= 0.3 is 0 Å². The highest BCUT2D eigenvalue weighted by Gasteiger charge is 2.09. The van der Waals surface area contributed by atoms with Crippen LogP contribution in [0.25, 0.3) is 0 Å². The van der Waals surface area contributed by atoms with Crippen LogP contribution in [0, 0.1) is 6.92 Å². The first-order chi connectivity index (χ1) is 7.46. The molecule has 1 rings (SSSR count). The maximum atomic E-state index is 11.2. The monoisotopic (exact) mass is 244 g/mol. The number of hydrogen-bond acceptors (Lipinski definition) is 4. The van der Waals surface area contributed by atoms with E-state index in [2.05, 4.69) is 0 Å². The quantitative estimate of drug-likeness (QED) is 0.852. The van der Waals surface area contributed by atoms with Gasteiger partial charge in [0.25, 0.3) is 0 Å². The summed E-state index contributed by atoms with van der Waals surface area (Å²) in [7, 11) is -3.00. The molecule has 0 aliphatic heterocycles. The molecular weight excluding hydrogens is 228 g/mol. The van der Waals surface area contributed by atoms with Gasteiger partial charge in [-0.15, -0.1) is 0 Å². The Hall–Kier alpha value is -1.23. The molecule has 0 amide bonds. The zero-order chi connectivity index (χ0) is 12.2. The second kappa shape index (κ2) is 5.21. The summed E-state index contributed by atoms with van der Waals surface area (Å²) in [6, 6.07) is 4.92. The maximum absolute atomic E-state index is 11.2. The van der Waals surface area contributed by atoms with Crippen molar-refractivity contribution in [2.75, 3.05) is 18.1 Å². The van der Waals surface area contributed by atoms with Gasteiger partial charge in [0, 0.05) is 11.3 Å². The highest BCUT2D eigenvalue weighted by atomic mass is 32.2. The second-order valence-corrected chi connectivity index (χ2v) is 5.96. The Morgan fingerprint density at radius 1 is 1.38 bits per heavy atom. The molecule has 90 valence electrons. The normalized spacial score (nSPS) is 11.4. The molecule has 0 bridgehead atoms. The van der Waals surface area contributed by atoms with E-state index in [0.29, 0.717) is 11.3 Å². The number of sulfone groups is 1. The third-order valence-corrected chi connectivity index (χ3v) is 4.02. The SMILES string of the molecule is CCS(=O)(=O)CCOc1cccc(O)c1C. The third kappa shape index (κ3) is 3.41. The number of phenolic OH excluding ortho intramolecular Hbond substituents is 1. The van der Waals surface area contributed by atoms with E-state index in [1.165, 1.54) is 0 Å². The van der Waals surface area contributed by atoms with E-state index in [0.717, 1.165) is 0 Å². The smallest absolute Gasteiger partial charge is 0.153 e. The van der Waals surface area contributed by atoms with Crippen LogP contribution in [0.2, 0.25) is 0 Å². The maximum Gasteiger partial charge on any atom is 0.153 e. The minimum atomic E-state index is -3.00. The van der Waals surface area contributed by atoms with Crippen LogP contribution in [0.15, 0.2) is 18.2 Å². The Bertz CT molecular complexity index is 451. The van der Waals surface area contributed by atoms with Crippen LogP contribution in [0.5, 0.6) is 11.5 Å². The Labute approximate surface area is 95.8 Å². The summed E-state index contributed by atoms with van der Waals surface area (Å²) in [5, 5.41) is 9.41. The summed E-state index contributed by atoms with van der Waals surface area (Å²) in [6.45, 7) is 3.44. The van der Waals surface area contributed by atoms with E-state index in [9.17, 15) is 13.5 Å². The first kappa shape index (κ1) is 12.8. The lowest BCUT2D eigenvalue weighted by Gasteiger charge is -2.09. The van der Waals surface area contributed by atoms with E-state index >= 15 is 0 Å². The van der Waals surface area contributed by atoms with Crippen LogP contribution >= 0.6 is 0 Å². The Kier molecular flexibility index (Phi) is 4.18. The molecule has 1 N–H and O–H groups in total. The fourth-order valence-electron chi connectivity index (χ4n) is 1.18. The molecule has 0 aliphatic carbocycles. The van der Waals surface area contributed by atoms with Crippen LogP contribution in [0.1, 0.15) is 12.5 Å². The number of ether oxygens (including phenoxy) is 1. The van der Waals surface area contributed by atoms with Crippen molar-refractivity contribution in [1.82, 2.24) is 0 Å². The van der Waals surface area contributed by atoms with Crippen molar-refractivity contribution in [3.63, 3.8) is 0 Å². The summed E-state index contributed by atoms with van der Waals surface area (Å²) >= 11 is 0. The van der Waals surface area contributed by atoms with E-state index in [4.69, 9.17) is 4.74 Å². The predicted molar refractivity (Wildman–Crippen MR) is 62.7 cm³/mol. The van der Waals surface area contributed by atoms with Gasteiger partial charge in [-0.3, -0.25) is 0 Å². The molecule has 0 saturated carbocycles. The number of aromatic hydroxyl groups is 1. The van der Waals surface area contributed by atoms with Crippen molar-refractivity contribution in [3.8, 4) is 11.5 Å². The van der Waals surface area contributed by atoms with Gasteiger partial charge in [-0.1, -0.05) is 13.0 Å². The van der Waals surface area contributed by atoms with Gasteiger partial charge in [0.05, 0.1) is 5.75 Å². The topological polar surface area (TPSA) is 63.6 Å². The van der Waals surface area contributed by atoms with E-state index in [-0.39, 0.29) is 23.9 Å². The van der Waals surface area contributed by atoms with Crippen LogP contribution in [0.3, 0.4) is 0 Å². The molecule has 1 aromatic carbocycles. The van der Waals surface area contributed by atoms with Gasteiger partial charge < -0.3 is 9.84 Å². The summed E-state index contributed by atoms with van der Waals surface area (Å²) in [4.78, 5) is 0. The molecule has 0 unspecified atom stereocenters. The number of hydrogen-bond donors (Lipinski definition) is 1. The van der Waals surface area contributed by atoms with Gasteiger partial charge in [0.1, 0.15) is 18.1 Å². The Balaban J connectivity index is 2.59. The van der Waals surface area contributed by atoms with Crippen LogP contribution in [0.4, 0.5) is 0 Å². The molecule has 5 heteroatoms. The molecule has 1 aromatic rings. The molecule has 0 spiro atoms. The number of rotatable bonds is 5. The molecule has 0 heterocycles. The fraction of sp³-hybridized carbons (Fsp3) is 0.455. The van der Waals surface area contributed by atoms with Crippen molar-refractivity contribution in [2.45, 2.75) is 13.8 Å². The number of benzene rings is 1. The van der Waals surface area contributed by atoms with E-state index in [1.54, 1.807) is 32.0 Å². The minimum Gasteiger partial charge on any atom is -0.508 e. The summed E-state index contributed by atoms with van der Waals surface area (Å²) in [5.41, 5.74) is 0.622. The summed E-state index contributed by atoms with van der Waals surface area (Å²) in [6.07, 6.45) is 0. The van der Waals surface area contributed by atoms with Crippen molar-refractivity contribution in [2.24, 2.45) is 0 Å². The molecule has 0 aromatic heterocycles. The third-order valence-electron chi connectivity index (χ3n) is 2.35. The Morgan fingerprint density at radius 3 is 2.69 bits per heavy atom. The number of phenols is 1. The van der Waals surface area contributed by atoms with Crippen LogP contribution < -0.4 is 4.74 Å². The summed E-state index contributed by atoms with van der Waals surface area (Å²) < 4.78 is 27.7. The van der Waals surface area contributed by atoms with E-state index < -0.39 is 9.84 Å².